The Kier molecular flexibility index (Phi) is 5.48. The lowest BCUT2D eigenvalue weighted by atomic mass is 9.98. The van der Waals surface area contributed by atoms with Crippen molar-refractivity contribution in [2.45, 2.75) is 19.1 Å². The molecule has 0 heterocycles. The van der Waals surface area contributed by atoms with Gasteiger partial charge in [0, 0.05) is 19.2 Å². The smallest absolute Gasteiger partial charge is 0.338 e. The molecule has 0 aromatic heterocycles. The van der Waals surface area contributed by atoms with Gasteiger partial charge in [0.1, 0.15) is 12.2 Å². The Bertz CT molecular complexity index is 504. The molecule has 0 saturated carbocycles. The predicted molar refractivity (Wildman–Crippen MR) is 71.8 cm³/mol. The zero-order chi connectivity index (χ0) is 15.3. The van der Waals surface area contributed by atoms with Gasteiger partial charge < -0.3 is 26.0 Å². The molecule has 2 atom stereocenters. The monoisotopic (exact) mass is 282 g/mol. The summed E-state index contributed by atoms with van der Waals surface area (Å²) in [5, 5.41) is 22.3. The van der Waals surface area contributed by atoms with Gasteiger partial charge in [0.2, 0.25) is 5.91 Å². The number of hydrogen-bond acceptors (Lipinski definition) is 6. The zero-order valence-electron chi connectivity index (χ0n) is 11.3. The van der Waals surface area contributed by atoms with Gasteiger partial charge in [0.15, 0.2) is 0 Å². The van der Waals surface area contributed by atoms with Gasteiger partial charge in [-0.05, 0) is 17.7 Å². The van der Waals surface area contributed by atoms with Gasteiger partial charge in [0.25, 0.3) is 0 Å². The van der Waals surface area contributed by atoms with Crippen molar-refractivity contribution >= 4 is 17.6 Å². The van der Waals surface area contributed by atoms with Gasteiger partial charge in [-0.3, -0.25) is 4.79 Å². The Balaban J connectivity index is 2.99. The number of nitrogen functional groups attached to an aromatic ring is 1. The third-order valence-corrected chi connectivity index (χ3v) is 2.73. The number of aliphatic hydroxyl groups excluding tert-OH is 2. The molecule has 1 aromatic carbocycles. The quantitative estimate of drug-likeness (QED) is 0.430. The molecule has 110 valence electrons. The van der Waals surface area contributed by atoms with E-state index in [2.05, 4.69) is 10.1 Å². The van der Waals surface area contributed by atoms with Crippen LogP contribution in [-0.4, -0.2) is 41.8 Å². The van der Waals surface area contributed by atoms with Gasteiger partial charge in [-0.15, -0.1) is 0 Å². The number of methoxy groups -OCH3 is 1. The summed E-state index contributed by atoms with van der Waals surface area (Å²) in [6.45, 7) is 1.16. The third-order valence-electron chi connectivity index (χ3n) is 2.73. The van der Waals surface area contributed by atoms with E-state index in [9.17, 15) is 19.8 Å². The van der Waals surface area contributed by atoms with E-state index in [1.165, 1.54) is 32.2 Å². The normalized spacial score (nSPS) is 13.4. The second kappa shape index (κ2) is 6.88. The largest absolute Gasteiger partial charge is 0.465 e. The maximum atomic E-state index is 11.6. The number of carbonyl (C=O) groups is 2. The van der Waals surface area contributed by atoms with Crippen LogP contribution in [0.4, 0.5) is 5.69 Å². The van der Waals surface area contributed by atoms with Crippen LogP contribution in [0.2, 0.25) is 0 Å². The number of esters is 1. The summed E-state index contributed by atoms with van der Waals surface area (Å²) in [5.41, 5.74) is 6.17. The number of anilines is 1. The van der Waals surface area contributed by atoms with E-state index < -0.39 is 18.2 Å². The van der Waals surface area contributed by atoms with Crippen molar-refractivity contribution in [3.63, 3.8) is 0 Å². The fourth-order valence-corrected chi connectivity index (χ4v) is 1.69. The topological polar surface area (TPSA) is 122 Å². The lowest BCUT2D eigenvalue weighted by molar-refractivity contribution is -0.119. The number of amides is 1. The van der Waals surface area contributed by atoms with Crippen molar-refractivity contribution in [3.8, 4) is 0 Å². The summed E-state index contributed by atoms with van der Waals surface area (Å²) in [5.74, 6) is -1.00. The lowest BCUT2D eigenvalue weighted by Crippen LogP contribution is -2.34. The molecule has 0 fully saturated rings. The number of hydrogen-bond donors (Lipinski definition) is 4. The maximum absolute atomic E-state index is 11.6. The van der Waals surface area contributed by atoms with Crippen molar-refractivity contribution in [1.29, 1.82) is 0 Å². The molecule has 0 bridgehead atoms. The summed E-state index contributed by atoms with van der Waals surface area (Å²) < 4.78 is 4.60. The molecular weight excluding hydrogens is 264 g/mol. The van der Waals surface area contributed by atoms with E-state index in [1.54, 1.807) is 0 Å². The molecule has 0 aliphatic rings. The molecule has 0 aliphatic heterocycles. The third kappa shape index (κ3) is 3.94. The van der Waals surface area contributed by atoms with Crippen molar-refractivity contribution in [3.05, 3.63) is 29.3 Å². The van der Waals surface area contributed by atoms with Gasteiger partial charge in [-0.2, -0.15) is 0 Å². The zero-order valence-corrected chi connectivity index (χ0v) is 11.3. The molecular formula is C13H18N2O5. The van der Waals surface area contributed by atoms with Gasteiger partial charge in [-0.25, -0.2) is 4.79 Å². The second-order valence-electron chi connectivity index (χ2n) is 4.29. The summed E-state index contributed by atoms with van der Waals surface area (Å²) >= 11 is 0. The van der Waals surface area contributed by atoms with Crippen molar-refractivity contribution in [2.24, 2.45) is 0 Å². The first-order valence-corrected chi connectivity index (χ1v) is 5.95. The fourth-order valence-electron chi connectivity index (χ4n) is 1.69. The van der Waals surface area contributed by atoms with Crippen LogP contribution in [-0.2, 0) is 9.53 Å². The van der Waals surface area contributed by atoms with Gasteiger partial charge in [0.05, 0.1) is 12.7 Å². The van der Waals surface area contributed by atoms with Gasteiger partial charge in [-0.1, -0.05) is 6.07 Å². The number of carbonyl (C=O) groups excluding carboxylic acids is 2. The molecule has 0 radical (unpaired) electrons. The first-order valence-electron chi connectivity index (χ1n) is 5.95. The summed E-state index contributed by atoms with van der Waals surface area (Å²) in [6, 6.07) is 4.29. The van der Waals surface area contributed by atoms with Crippen LogP contribution in [0.1, 0.15) is 28.9 Å². The fraction of sp³-hybridized carbons (Fsp3) is 0.385. The first kappa shape index (κ1) is 15.9. The SMILES string of the molecule is COC(=O)c1cc(N)ccc1C(O)C(O)CNC(C)=O. The summed E-state index contributed by atoms with van der Waals surface area (Å²) in [6.07, 6.45) is -2.61. The van der Waals surface area contributed by atoms with Crippen molar-refractivity contribution in [1.82, 2.24) is 5.32 Å². The number of rotatable bonds is 5. The predicted octanol–water partition coefficient (Wildman–Crippen LogP) is -0.414. The van der Waals surface area contributed by atoms with Crippen LogP contribution in [0, 0.1) is 0 Å². The highest BCUT2D eigenvalue weighted by molar-refractivity contribution is 5.92. The molecule has 0 saturated heterocycles. The van der Waals surface area contributed by atoms with Crippen LogP contribution in [0.3, 0.4) is 0 Å². The van der Waals surface area contributed by atoms with Crippen molar-refractivity contribution in [2.75, 3.05) is 19.4 Å². The Morgan fingerprint density at radius 3 is 2.60 bits per heavy atom. The van der Waals surface area contributed by atoms with E-state index in [1.807, 2.05) is 0 Å². The Labute approximate surface area is 116 Å². The molecule has 2 unspecified atom stereocenters. The minimum Gasteiger partial charge on any atom is -0.465 e. The maximum Gasteiger partial charge on any atom is 0.338 e. The molecule has 0 spiro atoms. The van der Waals surface area contributed by atoms with Crippen LogP contribution in [0.5, 0.6) is 0 Å². The molecule has 5 N–H and O–H groups in total. The molecule has 1 amide bonds. The first-order chi connectivity index (χ1) is 9.36. The van der Waals surface area contributed by atoms with Gasteiger partial charge >= 0.3 is 5.97 Å². The van der Waals surface area contributed by atoms with E-state index in [0.29, 0.717) is 5.69 Å². The number of aliphatic hydroxyl groups is 2. The van der Waals surface area contributed by atoms with Crippen LogP contribution in [0.25, 0.3) is 0 Å². The highest BCUT2D eigenvalue weighted by Gasteiger charge is 2.24. The molecule has 7 heteroatoms. The number of ether oxygens (including phenoxy) is 1. The summed E-state index contributed by atoms with van der Waals surface area (Å²) in [4.78, 5) is 22.4. The molecule has 1 aromatic rings. The average molecular weight is 282 g/mol. The van der Waals surface area contributed by atoms with E-state index in [4.69, 9.17) is 5.73 Å². The standard InChI is InChI=1S/C13H18N2O5/c1-7(16)15-6-11(17)12(18)9-4-3-8(14)5-10(9)13(19)20-2/h3-5,11-12,17-18H,6,14H2,1-2H3,(H,15,16). The number of benzene rings is 1. The Morgan fingerprint density at radius 1 is 1.40 bits per heavy atom. The second-order valence-corrected chi connectivity index (χ2v) is 4.29. The highest BCUT2D eigenvalue weighted by Crippen LogP contribution is 2.24. The Morgan fingerprint density at radius 2 is 2.05 bits per heavy atom. The van der Waals surface area contributed by atoms with Crippen LogP contribution in [0.15, 0.2) is 18.2 Å². The summed E-state index contributed by atoms with van der Waals surface area (Å²) in [7, 11) is 1.20. The van der Waals surface area contributed by atoms with Crippen LogP contribution >= 0.6 is 0 Å². The average Bonchev–Trinajstić information content (AvgIpc) is 2.42. The lowest BCUT2D eigenvalue weighted by Gasteiger charge is -2.20. The van der Waals surface area contributed by atoms with E-state index in [-0.39, 0.29) is 23.6 Å². The van der Waals surface area contributed by atoms with Crippen LogP contribution < -0.4 is 11.1 Å². The number of nitrogens with two attached hydrogens (primary N) is 1. The van der Waals surface area contributed by atoms with E-state index >= 15 is 0 Å². The minimum atomic E-state index is -1.35. The molecule has 7 nitrogen and oxygen atoms in total. The molecule has 0 aliphatic carbocycles. The number of nitrogens with one attached hydrogen (secondary N) is 1. The molecule has 1 rings (SSSR count). The van der Waals surface area contributed by atoms with Crippen molar-refractivity contribution < 1.29 is 24.5 Å². The Hall–Kier alpha value is -2.12. The molecule has 20 heavy (non-hydrogen) atoms. The minimum absolute atomic E-state index is 0.0712. The highest BCUT2D eigenvalue weighted by atomic mass is 16.5. The van der Waals surface area contributed by atoms with E-state index in [0.717, 1.165) is 0 Å².